The first-order valence-corrected chi connectivity index (χ1v) is 8.88. The summed E-state index contributed by atoms with van der Waals surface area (Å²) in [4.78, 5) is 39.1. The van der Waals surface area contributed by atoms with E-state index in [9.17, 15) is 14.4 Å². The molecule has 0 amide bonds. The summed E-state index contributed by atoms with van der Waals surface area (Å²) in [6.07, 6.45) is 0. The molecule has 0 saturated heterocycles. The minimum absolute atomic E-state index is 0.232. The van der Waals surface area contributed by atoms with E-state index in [0.717, 1.165) is 10.9 Å². The first-order chi connectivity index (χ1) is 13.3. The number of rotatable bonds is 6. The number of Topliss-reactive ketones (excluding diaryl/α,β-unsaturated/α-hetero) is 1. The SMILES string of the molecule is CCOC(=O)c1c(C)[nH]c(C(=O)COc2ccc3c(C)cc(=O)oc3c2)c1C. The van der Waals surface area contributed by atoms with Gasteiger partial charge in [-0.1, -0.05) is 0 Å². The second-order valence-electron chi connectivity index (χ2n) is 6.46. The number of aryl methyl sites for hydroxylation is 2. The van der Waals surface area contributed by atoms with Gasteiger partial charge in [0.25, 0.3) is 0 Å². The van der Waals surface area contributed by atoms with Crippen LogP contribution < -0.4 is 10.4 Å². The van der Waals surface area contributed by atoms with Crippen LogP contribution in [0.1, 0.15) is 44.6 Å². The summed E-state index contributed by atoms with van der Waals surface area (Å²) in [5.74, 6) is -0.364. The van der Waals surface area contributed by atoms with E-state index < -0.39 is 11.6 Å². The average molecular weight is 383 g/mol. The van der Waals surface area contributed by atoms with E-state index in [2.05, 4.69) is 4.98 Å². The topological polar surface area (TPSA) is 98.6 Å². The number of carbonyl (C=O) groups is 2. The van der Waals surface area contributed by atoms with Crippen molar-refractivity contribution in [1.29, 1.82) is 0 Å². The normalized spacial score (nSPS) is 10.9. The molecule has 0 aliphatic carbocycles. The van der Waals surface area contributed by atoms with E-state index in [4.69, 9.17) is 13.9 Å². The molecule has 7 heteroatoms. The van der Waals surface area contributed by atoms with Crippen LogP contribution in [0.4, 0.5) is 0 Å². The average Bonchev–Trinajstić information content (AvgIpc) is 2.93. The number of nitrogens with one attached hydrogen (secondary N) is 1. The highest BCUT2D eigenvalue weighted by Gasteiger charge is 2.23. The molecule has 0 saturated carbocycles. The molecule has 3 rings (SSSR count). The molecule has 2 heterocycles. The van der Waals surface area contributed by atoms with Crippen LogP contribution in [-0.2, 0) is 4.74 Å². The molecule has 0 atom stereocenters. The Balaban J connectivity index is 1.79. The lowest BCUT2D eigenvalue weighted by molar-refractivity contribution is 0.0525. The maximum atomic E-state index is 12.6. The number of aromatic amines is 1. The van der Waals surface area contributed by atoms with Gasteiger partial charge in [0.15, 0.2) is 6.61 Å². The molecule has 1 N–H and O–H groups in total. The molecule has 1 aromatic carbocycles. The number of benzene rings is 1. The van der Waals surface area contributed by atoms with Gasteiger partial charge in [-0.25, -0.2) is 9.59 Å². The minimum atomic E-state index is -0.464. The summed E-state index contributed by atoms with van der Waals surface area (Å²) in [6.45, 7) is 6.97. The van der Waals surface area contributed by atoms with Crippen LogP contribution in [0.25, 0.3) is 11.0 Å². The molecular weight excluding hydrogens is 362 g/mol. The van der Waals surface area contributed by atoms with Crippen LogP contribution >= 0.6 is 0 Å². The fourth-order valence-electron chi connectivity index (χ4n) is 3.15. The lowest BCUT2D eigenvalue weighted by Gasteiger charge is -2.07. The lowest BCUT2D eigenvalue weighted by Crippen LogP contribution is -2.14. The Hall–Kier alpha value is -3.35. The first-order valence-electron chi connectivity index (χ1n) is 8.88. The molecule has 0 fully saturated rings. The molecule has 0 aliphatic heterocycles. The highest BCUT2D eigenvalue weighted by Crippen LogP contribution is 2.23. The Morgan fingerprint density at radius 2 is 1.89 bits per heavy atom. The van der Waals surface area contributed by atoms with E-state index in [1.807, 2.05) is 6.92 Å². The largest absolute Gasteiger partial charge is 0.485 e. The zero-order chi connectivity index (χ0) is 20.4. The zero-order valence-electron chi connectivity index (χ0n) is 16.2. The molecule has 3 aromatic rings. The molecule has 0 spiro atoms. The van der Waals surface area contributed by atoms with Crippen molar-refractivity contribution in [3.8, 4) is 5.75 Å². The molecule has 0 radical (unpaired) electrons. The second-order valence-corrected chi connectivity index (χ2v) is 6.46. The van der Waals surface area contributed by atoms with Gasteiger partial charge in [0, 0.05) is 23.2 Å². The van der Waals surface area contributed by atoms with Gasteiger partial charge in [0.05, 0.1) is 17.9 Å². The van der Waals surface area contributed by atoms with Gasteiger partial charge in [-0.2, -0.15) is 0 Å². The van der Waals surface area contributed by atoms with Crippen molar-refractivity contribution in [2.45, 2.75) is 27.7 Å². The standard InChI is InChI=1S/C21H21NO6/c1-5-26-21(25)19-12(3)20(22-13(19)4)16(23)10-27-14-6-7-15-11(2)8-18(24)28-17(15)9-14/h6-9,22H,5,10H2,1-4H3. The van der Waals surface area contributed by atoms with Crippen molar-refractivity contribution in [3.63, 3.8) is 0 Å². The van der Waals surface area contributed by atoms with Gasteiger partial charge in [-0.15, -0.1) is 0 Å². The third kappa shape index (κ3) is 3.69. The molecular formula is C21H21NO6. The van der Waals surface area contributed by atoms with Crippen molar-refractivity contribution in [3.05, 3.63) is 62.8 Å². The fourth-order valence-corrected chi connectivity index (χ4v) is 3.15. The van der Waals surface area contributed by atoms with E-state index in [0.29, 0.717) is 33.8 Å². The van der Waals surface area contributed by atoms with E-state index in [1.165, 1.54) is 6.07 Å². The molecule has 146 valence electrons. The van der Waals surface area contributed by atoms with Crippen LogP contribution in [0.15, 0.2) is 33.5 Å². The van der Waals surface area contributed by atoms with Crippen molar-refractivity contribution in [1.82, 2.24) is 4.98 Å². The minimum Gasteiger partial charge on any atom is -0.485 e. The fraction of sp³-hybridized carbons (Fsp3) is 0.286. The van der Waals surface area contributed by atoms with E-state index in [-0.39, 0.29) is 19.0 Å². The highest BCUT2D eigenvalue weighted by molar-refractivity contribution is 6.02. The number of fused-ring (bicyclic) bond motifs is 1. The number of hydrogen-bond acceptors (Lipinski definition) is 6. The number of ether oxygens (including phenoxy) is 2. The number of hydrogen-bond donors (Lipinski definition) is 1. The number of aromatic nitrogens is 1. The number of esters is 1. The Labute approximate surface area is 161 Å². The first kappa shape index (κ1) is 19.4. The quantitative estimate of drug-likeness (QED) is 0.397. The zero-order valence-corrected chi connectivity index (χ0v) is 16.2. The van der Waals surface area contributed by atoms with Crippen LogP contribution in [-0.4, -0.2) is 30.0 Å². The van der Waals surface area contributed by atoms with Gasteiger partial charge in [-0.05, 0) is 51.0 Å². The maximum absolute atomic E-state index is 12.6. The molecule has 2 aromatic heterocycles. The summed E-state index contributed by atoms with van der Waals surface area (Å²) in [7, 11) is 0. The highest BCUT2D eigenvalue weighted by atomic mass is 16.5. The Morgan fingerprint density at radius 1 is 1.14 bits per heavy atom. The maximum Gasteiger partial charge on any atom is 0.340 e. The van der Waals surface area contributed by atoms with E-state index >= 15 is 0 Å². The van der Waals surface area contributed by atoms with Crippen LogP contribution in [0, 0.1) is 20.8 Å². The summed E-state index contributed by atoms with van der Waals surface area (Å²) in [6, 6.07) is 6.48. The lowest BCUT2D eigenvalue weighted by atomic mass is 10.1. The van der Waals surface area contributed by atoms with Gasteiger partial charge in [0.1, 0.15) is 11.3 Å². The Bertz CT molecular complexity index is 1120. The Kier molecular flexibility index (Phi) is 5.35. The molecule has 7 nitrogen and oxygen atoms in total. The second kappa shape index (κ2) is 7.72. The Morgan fingerprint density at radius 3 is 2.61 bits per heavy atom. The van der Waals surface area contributed by atoms with Crippen LogP contribution in [0.3, 0.4) is 0 Å². The smallest absolute Gasteiger partial charge is 0.340 e. The summed E-state index contributed by atoms with van der Waals surface area (Å²) < 4.78 is 15.8. The van der Waals surface area contributed by atoms with Crippen LogP contribution in [0.2, 0.25) is 0 Å². The van der Waals surface area contributed by atoms with E-state index in [1.54, 1.807) is 39.0 Å². The van der Waals surface area contributed by atoms with Gasteiger partial charge >= 0.3 is 11.6 Å². The summed E-state index contributed by atoms with van der Waals surface area (Å²) in [5, 5.41) is 0.799. The molecule has 0 unspecified atom stereocenters. The summed E-state index contributed by atoms with van der Waals surface area (Å²) in [5.41, 5.74) is 2.54. The third-order valence-corrected chi connectivity index (χ3v) is 4.49. The number of ketones is 1. The van der Waals surface area contributed by atoms with Crippen molar-refractivity contribution >= 4 is 22.7 Å². The van der Waals surface area contributed by atoms with Gasteiger partial charge < -0.3 is 18.9 Å². The van der Waals surface area contributed by atoms with Gasteiger partial charge in [-0.3, -0.25) is 4.79 Å². The monoisotopic (exact) mass is 383 g/mol. The number of H-pyrrole nitrogens is 1. The van der Waals surface area contributed by atoms with Crippen LogP contribution in [0.5, 0.6) is 5.75 Å². The molecule has 0 bridgehead atoms. The predicted molar refractivity (Wildman–Crippen MR) is 103 cm³/mol. The number of carbonyl (C=O) groups excluding carboxylic acids is 2. The third-order valence-electron chi connectivity index (χ3n) is 4.49. The van der Waals surface area contributed by atoms with Gasteiger partial charge in [0.2, 0.25) is 5.78 Å². The molecule has 28 heavy (non-hydrogen) atoms. The molecule has 0 aliphatic rings. The van der Waals surface area contributed by atoms with Crippen molar-refractivity contribution in [2.75, 3.05) is 13.2 Å². The van der Waals surface area contributed by atoms with Crippen molar-refractivity contribution in [2.24, 2.45) is 0 Å². The predicted octanol–water partition coefficient (Wildman–Crippen LogP) is 3.48. The van der Waals surface area contributed by atoms with Crippen molar-refractivity contribution < 1.29 is 23.5 Å². The summed E-state index contributed by atoms with van der Waals surface area (Å²) >= 11 is 0.